The Morgan fingerprint density at radius 3 is 2.43 bits per heavy atom. The third kappa shape index (κ3) is 15.1. The first-order valence-corrected chi connectivity index (χ1v) is 20.9. The van der Waals surface area contributed by atoms with Gasteiger partial charge in [-0.25, -0.2) is 4.79 Å². The number of unbranched alkanes of at least 4 members (excludes halogenated alkanes) is 1. The van der Waals surface area contributed by atoms with Crippen LogP contribution in [-0.2, 0) is 46.6 Å². The highest BCUT2D eigenvalue weighted by molar-refractivity contribution is 5.87. The Kier molecular flexibility index (Phi) is 19.1. The molecule has 2 aliphatic rings. The van der Waals surface area contributed by atoms with Crippen molar-refractivity contribution in [3.8, 4) is 11.5 Å². The Morgan fingerprint density at radius 1 is 0.983 bits per heavy atom. The number of allylic oxidation sites excluding steroid dienone is 3. The first kappa shape index (κ1) is 47.5. The van der Waals surface area contributed by atoms with Gasteiger partial charge in [0.05, 0.1) is 44.9 Å². The quantitative estimate of drug-likeness (QED) is 0.0264. The van der Waals surface area contributed by atoms with Crippen LogP contribution in [0.25, 0.3) is 6.08 Å². The summed E-state index contributed by atoms with van der Waals surface area (Å²) in [6, 6.07) is 12.5. The lowest BCUT2D eigenvalue weighted by atomic mass is 9.65. The second-order valence-corrected chi connectivity index (χ2v) is 15.8. The largest absolute Gasteiger partial charge is 0.493 e. The lowest BCUT2D eigenvalue weighted by Gasteiger charge is -2.43. The highest BCUT2D eigenvalue weighted by atomic mass is 16.9. The van der Waals surface area contributed by atoms with E-state index in [1.54, 1.807) is 24.3 Å². The average molecular weight is 836 g/mol. The van der Waals surface area contributed by atoms with Crippen LogP contribution in [0.5, 0.6) is 11.5 Å². The molecule has 0 bridgehead atoms. The first-order chi connectivity index (χ1) is 28.8. The van der Waals surface area contributed by atoms with Gasteiger partial charge in [0.2, 0.25) is 0 Å². The molecule has 0 spiro atoms. The number of fused-ring (bicyclic) bond motifs is 1. The normalized spacial score (nSPS) is 21.2. The molecule has 2 aromatic carbocycles. The number of hydrogen-bond donors (Lipinski definition) is 2. The van der Waals surface area contributed by atoms with E-state index in [2.05, 4.69) is 36.9 Å². The van der Waals surface area contributed by atoms with Crippen LogP contribution < -0.4 is 9.47 Å². The maximum absolute atomic E-state index is 12.8. The molecular weight excluding hydrogens is 775 g/mol. The molecule has 0 radical (unpaired) electrons. The van der Waals surface area contributed by atoms with Crippen molar-refractivity contribution < 1.29 is 58.2 Å². The molecule has 0 heterocycles. The minimum Gasteiger partial charge on any atom is -0.493 e. The molecule has 14 heteroatoms. The number of nitrogens with zero attached hydrogens (tertiary/aromatic N) is 1. The zero-order valence-corrected chi connectivity index (χ0v) is 35.4. The topological polar surface area (TPSA) is 190 Å². The number of hydrogen-bond acceptors (Lipinski definition) is 13. The van der Waals surface area contributed by atoms with Crippen LogP contribution in [0.15, 0.2) is 72.3 Å². The van der Waals surface area contributed by atoms with Gasteiger partial charge >= 0.3 is 17.9 Å². The Balaban J connectivity index is 1.23. The van der Waals surface area contributed by atoms with Gasteiger partial charge in [0.25, 0.3) is 5.09 Å². The van der Waals surface area contributed by atoms with Crippen molar-refractivity contribution in [1.82, 2.24) is 0 Å². The van der Waals surface area contributed by atoms with Gasteiger partial charge in [0, 0.05) is 12.0 Å². The third-order valence-corrected chi connectivity index (χ3v) is 11.1. The van der Waals surface area contributed by atoms with Crippen molar-refractivity contribution >= 4 is 24.0 Å². The van der Waals surface area contributed by atoms with Crippen LogP contribution >= 0.6 is 0 Å². The molecule has 0 saturated heterocycles. The average Bonchev–Trinajstić information content (AvgIpc) is 3.22. The predicted molar refractivity (Wildman–Crippen MR) is 223 cm³/mol. The number of esters is 3. The Hall–Kier alpha value is -5.21. The number of aliphatic hydroxyl groups is 2. The van der Waals surface area contributed by atoms with E-state index in [-0.39, 0.29) is 80.9 Å². The van der Waals surface area contributed by atoms with Crippen LogP contribution in [0.3, 0.4) is 0 Å². The second kappa shape index (κ2) is 24.1. The lowest BCUT2D eigenvalue weighted by molar-refractivity contribution is -0.757. The van der Waals surface area contributed by atoms with Crippen molar-refractivity contribution in [1.29, 1.82) is 0 Å². The number of rotatable bonds is 24. The van der Waals surface area contributed by atoms with Crippen molar-refractivity contribution in [2.24, 2.45) is 29.6 Å². The number of benzene rings is 2. The number of methoxy groups -OCH3 is 1. The molecule has 0 aliphatic heterocycles. The van der Waals surface area contributed by atoms with Crippen molar-refractivity contribution in [2.45, 2.75) is 111 Å². The summed E-state index contributed by atoms with van der Waals surface area (Å²) in [5, 5.41) is 31.0. The van der Waals surface area contributed by atoms with E-state index in [9.17, 15) is 34.7 Å². The monoisotopic (exact) mass is 835 g/mol. The molecule has 4 rings (SSSR count). The zero-order valence-electron chi connectivity index (χ0n) is 35.4. The van der Waals surface area contributed by atoms with Crippen molar-refractivity contribution in [3.63, 3.8) is 0 Å². The minimum atomic E-state index is -1.09. The highest BCUT2D eigenvalue weighted by Crippen LogP contribution is 2.45. The number of carbonyl (C=O) groups excluding carboxylic acids is 3. The molecule has 14 nitrogen and oxygen atoms in total. The fourth-order valence-electron chi connectivity index (χ4n) is 7.59. The molecule has 2 N–H and O–H groups in total. The summed E-state index contributed by atoms with van der Waals surface area (Å²) in [5.74, 6) is 0.0956. The van der Waals surface area contributed by atoms with Gasteiger partial charge in [-0.2, -0.15) is 0 Å². The van der Waals surface area contributed by atoms with E-state index >= 15 is 0 Å². The van der Waals surface area contributed by atoms with Crippen molar-refractivity contribution in [3.05, 3.63) is 99.1 Å². The summed E-state index contributed by atoms with van der Waals surface area (Å²) in [6.45, 7) is 8.30. The van der Waals surface area contributed by atoms with Crippen LogP contribution in [0, 0.1) is 39.7 Å². The highest BCUT2D eigenvalue weighted by Gasteiger charge is 2.41. The van der Waals surface area contributed by atoms with E-state index < -0.39 is 29.2 Å². The SMILES string of the molecule is CC[C@H](C)C(=O)O[C@H]1C[C@@H](C)C=C2C=C[C@H](C)[C@H](CC[C@@H](O)C[C@@H](O)CC(=O)OCc3ccccc3COc3ccc(/C=C/C(=O)OCCCCO[N+](=O)[O-])cc3OC)[C@H]21. The van der Waals surface area contributed by atoms with Crippen LogP contribution in [0.2, 0.25) is 0 Å². The Bertz CT molecular complexity index is 1820. The number of carbonyl (C=O) groups is 3. The van der Waals surface area contributed by atoms with E-state index in [4.69, 9.17) is 23.7 Å². The van der Waals surface area contributed by atoms with Gasteiger partial charge < -0.3 is 38.7 Å². The van der Waals surface area contributed by atoms with Crippen LogP contribution in [0.1, 0.15) is 95.8 Å². The predicted octanol–water partition coefficient (Wildman–Crippen LogP) is 7.51. The second-order valence-electron chi connectivity index (χ2n) is 15.8. The Labute approximate surface area is 352 Å². The van der Waals surface area contributed by atoms with Gasteiger partial charge in [0.1, 0.15) is 19.3 Å². The Morgan fingerprint density at radius 2 is 1.72 bits per heavy atom. The lowest BCUT2D eigenvalue weighted by Crippen LogP contribution is -2.41. The van der Waals surface area contributed by atoms with Gasteiger partial charge in [-0.1, -0.05) is 76.3 Å². The third-order valence-electron chi connectivity index (χ3n) is 11.1. The van der Waals surface area contributed by atoms with E-state index in [1.807, 2.05) is 38.1 Å². The summed E-state index contributed by atoms with van der Waals surface area (Å²) in [6.07, 6.45) is 10.5. The molecule has 0 fully saturated rings. The summed E-state index contributed by atoms with van der Waals surface area (Å²) in [5.41, 5.74) is 3.33. The van der Waals surface area contributed by atoms with Crippen LogP contribution in [0.4, 0.5) is 0 Å². The smallest absolute Gasteiger partial charge is 0.330 e. The molecule has 0 unspecified atom stereocenters. The molecule has 2 aromatic rings. The molecule has 0 amide bonds. The van der Waals surface area contributed by atoms with Gasteiger partial charge in [-0.15, -0.1) is 10.1 Å². The van der Waals surface area contributed by atoms with Gasteiger partial charge in [-0.05, 0) is 103 Å². The van der Waals surface area contributed by atoms with E-state index in [0.717, 1.165) is 24.0 Å². The van der Waals surface area contributed by atoms with Crippen molar-refractivity contribution in [2.75, 3.05) is 20.3 Å². The maximum Gasteiger partial charge on any atom is 0.330 e. The summed E-state index contributed by atoms with van der Waals surface area (Å²) in [7, 11) is 1.50. The minimum absolute atomic E-state index is 0.0271. The molecule has 2 aliphatic carbocycles. The van der Waals surface area contributed by atoms with E-state index in [1.165, 1.54) is 18.8 Å². The van der Waals surface area contributed by atoms with E-state index in [0.29, 0.717) is 42.7 Å². The fraction of sp³-hybridized carbons (Fsp3) is 0.543. The summed E-state index contributed by atoms with van der Waals surface area (Å²) in [4.78, 5) is 52.1. The number of ether oxygens (including phenoxy) is 5. The zero-order chi connectivity index (χ0) is 43.6. The van der Waals surface area contributed by atoms with Gasteiger partial charge in [0.15, 0.2) is 11.5 Å². The van der Waals surface area contributed by atoms with Gasteiger partial charge in [-0.3, -0.25) is 9.59 Å². The molecule has 60 heavy (non-hydrogen) atoms. The molecule has 0 saturated carbocycles. The molecular formula is C46H61NO13. The number of aliphatic hydroxyl groups excluding tert-OH is 2. The molecule has 328 valence electrons. The standard InChI is InChI=1S/C46H61NO13/c1-6-31(3)46(52)60-42-24-30(2)23-34-16-13-32(4)39(45(34)42)18-17-37(48)26-38(49)27-44(51)58-29-36-12-8-7-11-35(36)28-57-40-19-14-33(25-41(40)55-5)15-20-43(50)56-21-9-10-22-59-47(53)54/h7-8,11-16,19-20,23,25,30-32,37-39,42,45,48-49H,6,9-10,17-18,21-22,24,26-29H2,1-5H3/b20-15+/t30-,31-,32-,37+,38+,39-,42-,45-/m0/s1. The van der Waals surface area contributed by atoms with Crippen LogP contribution in [-0.4, -0.2) is 71.8 Å². The molecule has 8 atom stereocenters. The fourth-order valence-corrected chi connectivity index (χ4v) is 7.59. The summed E-state index contributed by atoms with van der Waals surface area (Å²) < 4.78 is 28.3. The summed E-state index contributed by atoms with van der Waals surface area (Å²) >= 11 is 0. The first-order valence-electron chi connectivity index (χ1n) is 20.9. The molecule has 0 aromatic heterocycles. The maximum atomic E-state index is 12.8.